The van der Waals surface area contributed by atoms with E-state index in [-0.39, 0.29) is 6.61 Å². The zero-order valence-corrected chi connectivity index (χ0v) is 14.4. The first-order valence-electron chi connectivity index (χ1n) is 8.04. The van der Waals surface area contributed by atoms with Gasteiger partial charge in [0.1, 0.15) is 23.0 Å². The molecule has 0 amide bonds. The Balaban J connectivity index is 1.93. The number of carbonyl (C=O) groups is 1. The third-order valence-corrected chi connectivity index (χ3v) is 4.32. The number of fused-ring (bicyclic) bond motifs is 2. The molecule has 1 aliphatic heterocycles. The van der Waals surface area contributed by atoms with E-state index in [1.54, 1.807) is 19.1 Å². The van der Waals surface area contributed by atoms with Crippen molar-refractivity contribution in [2.75, 3.05) is 6.61 Å². The summed E-state index contributed by atoms with van der Waals surface area (Å²) in [6.07, 6.45) is 1.40. The molecule has 0 spiro atoms. The van der Waals surface area contributed by atoms with Gasteiger partial charge in [0.2, 0.25) is 0 Å². The SMILES string of the molecule is C/C(=C\CO)C(=O)O[C@H]1Cc2cc3ccc(=O)oc3cc2OC1(C)C. The van der Waals surface area contributed by atoms with Crippen molar-refractivity contribution >= 4 is 16.9 Å². The Kier molecular flexibility index (Phi) is 4.39. The summed E-state index contributed by atoms with van der Waals surface area (Å²) in [4.78, 5) is 23.5. The molecule has 0 bridgehead atoms. The molecule has 1 aromatic carbocycles. The minimum absolute atomic E-state index is 0.217. The zero-order chi connectivity index (χ0) is 18.2. The summed E-state index contributed by atoms with van der Waals surface area (Å²) < 4.78 is 16.8. The van der Waals surface area contributed by atoms with E-state index in [1.807, 2.05) is 19.9 Å². The van der Waals surface area contributed by atoms with Gasteiger partial charge >= 0.3 is 11.6 Å². The summed E-state index contributed by atoms with van der Waals surface area (Å²) in [5, 5.41) is 9.69. The molecule has 0 saturated carbocycles. The third-order valence-electron chi connectivity index (χ3n) is 4.32. The molecule has 1 aliphatic rings. The van der Waals surface area contributed by atoms with Crippen molar-refractivity contribution in [2.24, 2.45) is 0 Å². The van der Waals surface area contributed by atoms with E-state index in [9.17, 15) is 9.59 Å². The van der Waals surface area contributed by atoms with Crippen molar-refractivity contribution < 1.29 is 23.8 Å². The van der Waals surface area contributed by atoms with Crippen LogP contribution in [0.2, 0.25) is 0 Å². The highest BCUT2D eigenvalue weighted by Crippen LogP contribution is 2.37. The van der Waals surface area contributed by atoms with Crippen molar-refractivity contribution in [3.05, 3.63) is 51.9 Å². The molecule has 1 aromatic heterocycles. The Hall–Kier alpha value is -2.60. The first-order valence-corrected chi connectivity index (χ1v) is 8.04. The van der Waals surface area contributed by atoms with Gasteiger partial charge in [-0.3, -0.25) is 0 Å². The number of carbonyl (C=O) groups excluding carboxylic acids is 1. The van der Waals surface area contributed by atoms with Gasteiger partial charge in [-0.15, -0.1) is 0 Å². The Morgan fingerprint density at radius 3 is 2.88 bits per heavy atom. The van der Waals surface area contributed by atoms with Crippen LogP contribution in [0.1, 0.15) is 26.3 Å². The smallest absolute Gasteiger partial charge is 0.336 e. The molecule has 6 heteroatoms. The van der Waals surface area contributed by atoms with Crippen molar-refractivity contribution in [1.29, 1.82) is 0 Å². The molecule has 25 heavy (non-hydrogen) atoms. The predicted molar refractivity (Wildman–Crippen MR) is 91.6 cm³/mol. The summed E-state index contributed by atoms with van der Waals surface area (Å²) >= 11 is 0. The van der Waals surface area contributed by atoms with Gasteiger partial charge in [0.25, 0.3) is 0 Å². The normalized spacial score (nSPS) is 19.2. The van der Waals surface area contributed by atoms with Gasteiger partial charge in [-0.2, -0.15) is 0 Å². The van der Waals surface area contributed by atoms with Crippen LogP contribution in [0.25, 0.3) is 11.0 Å². The zero-order valence-electron chi connectivity index (χ0n) is 14.4. The second-order valence-electron chi connectivity index (χ2n) is 6.63. The Morgan fingerprint density at radius 1 is 1.40 bits per heavy atom. The Labute approximate surface area is 144 Å². The van der Waals surface area contributed by atoms with Gasteiger partial charge in [0, 0.05) is 29.5 Å². The van der Waals surface area contributed by atoms with E-state index >= 15 is 0 Å². The first-order chi connectivity index (χ1) is 11.8. The van der Waals surface area contributed by atoms with Gasteiger partial charge < -0.3 is 19.0 Å². The summed E-state index contributed by atoms with van der Waals surface area (Å²) in [5.41, 5.74) is 0.525. The fraction of sp³-hybridized carbons (Fsp3) is 0.368. The van der Waals surface area contributed by atoms with Gasteiger partial charge in [-0.25, -0.2) is 9.59 Å². The van der Waals surface area contributed by atoms with Gasteiger partial charge in [-0.05, 0) is 44.5 Å². The quantitative estimate of drug-likeness (QED) is 0.523. The molecule has 0 radical (unpaired) electrons. The standard InChI is InChI=1S/C19H20O6/c1-11(6-7-20)18(22)24-16-9-13-8-12-4-5-17(21)23-14(12)10-15(13)25-19(16,2)3/h4-6,8,10,16,20H,7,9H2,1-3H3/b11-6+/t16-/m0/s1. The molecule has 2 aromatic rings. The van der Waals surface area contributed by atoms with Crippen LogP contribution in [0.15, 0.2) is 45.1 Å². The molecular weight excluding hydrogens is 324 g/mol. The fourth-order valence-electron chi connectivity index (χ4n) is 2.82. The molecule has 0 aliphatic carbocycles. The summed E-state index contributed by atoms with van der Waals surface area (Å²) in [6, 6.07) is 6.63. The van der Waals surface area contributed by atoms with Crippen LogP contribution in [0, 0.1) is 0 Å². The molecule has 3 rings (SSSR count). The van der Waals surface area contributed by atoms with Gasteiger partial charge in [-0.1, -0.05) is 0 Å². The number of benzene rings is 1. The molecule has 1 atom stereocenters. The number of aliphatic hydroxyl groups is 1. The molecule has 6 nitrogen and oxygen atoms in total. The lowest BCUT2D eigenvalue weighted by Gasteiger charge is -2.39. The van der Waals surface area contributed by atoms with Crippen LogP contribution in [0.4, 0.5) is 0 Å². The predicted octanol–water partition coefficient (Wildman–Crippen LogP) is 2.36. The molecule has 2 heterocycles. The lowest BCUT2D eigenvalue weighted by Crippen LogP contribution is -2.48. The van der Waals surface area contributed by atoms with Crippen molar-refractivity contribution in [3.8, 4) is 5.75 Å². The maximum absolute atomic E-state index is 12.1. The van der Waals surface area contributed by atoms with Crippen LogP contribution in [-0.4, -0.2) is 29.4 Å². The molecule has 132 valence electrons. The van der Waals surface area contributed by atoms with Crippen LogP contribution in [0.3, 0.4) is 0 Å². The molecule has 1 N–H and O–H groups in total. The number of ether oxygens (including phenoxy) is 2. The summed E-state index contributed by atoms with van der Waals surface area (Å²) in [7, 11) is 0. The van der Waals surface area contributed by atoms with Crippen LogP contribution < -0.4 is 10.4 Å². The molecule has 0 unspecified atom stereocenters. The number of aliphatic hydroxyl groups excluding tert-OH is 1. The number of rotatable bonds is 3. The first kappa shape index (κ1) is 17.2. The lowest BCUT2D eigenvalue weighted by molar-refractivity contribution is -0.156. The van der Waals surface area contributed by atoms with E-state index in [0.717, 1.165) is 10.9 Å². The topological polar surface area (TPSA) is 86.0 Å². The lowest BCUT2D eigenvalue weighted by atomic mass is 9.90. The van der Waals surface area contributed by atoms with Gasteiger partial charge in [0.15, 0.2) is 0 Å². The second-order valence-corrected chi connectivity index (χ2v) is 6.63. The number of hydrogen-bond acceptors (Lipinski definition) is 6. The van der Waals surface area contributed by atoms with E-state index < -0.39 is 23.3 Å². The van der Waals surface area contributed by atoms with Crippen molar-refractivity contribution in [2.45, 2.75) is 38.9 Å². The monoisotopic (exact) mass is 344 g/mol. The minimum Gasteiger partial charge on any atom is -0.484 e. The average molecular weight is 344 g/mol. The molecule has 0 fully saturated rings. The molecule has 0 saturated heterocycles. The number of hydrogen-bond donors (Lipinski definition) is 1. The third kappa shape index (κ3) is 3.44. The Morgan fingerprint density at radius 2 is 2.16 bits per heavy atom. The highest BCUT2D eigenvalue weighted by molar-refractivity contribution is 5.88. The maximum Gasteiger partial charge on any atom is 0.336 e. The second kappa shape index (κ2) is 6.37. The van der Waals surface area contributed by atoms with Gasteiger partial charge in [0.05, 0.1) is 6.61 Å². The van der Waals surface area contributed by atoms with Crippen molar-refractivity contribution in [3.63, 3.8) is 0 Å². The summed E-state index contributed by atoms with van der Waals surface area (Å²) in [6.45, 7) is 5.05. The van der Waals surface area contributed by atoms with E-state index in [1.165, 1.54) is 12.1 Å². The fourth-order valence-corrected chi connectivity index (χ4v) is 2.82. The van der Waals surface area contributed by atoms with Crippen LogP contribution >= 0.6 is 0 Å². The Bertz CT molecular complexity index is 906. The summed E-state index contributed by atoms with van der Waals surface area (Å²) in [5.74, 6) is 0.132. The highest BCUT2D eigenvalue weighted by atomic mass is 16.6. The molecular formula is C19H20O6. The number of esters is 1. The highest BCUT2D eigenvalue weighted by Gasteiger charge is 2.40. The van der Waals surface area contributed by atoms with Crippen LogP contribution in [-0.2, 0) is 16.0 Å². The van der Waals surface area contributed by atoms with Crippen molar-refractivity contribution in [1.82, 2.24) is 0 Å². The van der Waals surface area contributed by atoms with E-state index in [0.29, 0.717) is 23.3 Å². The van der Waals surface area contributed by atoms with E-state index in [4.69, 9.17) is 19.0 Å². The van der Waals surface area contributed by atoms with E-state index in [2.05, 4.69) is 0 Å². The minimum atomic E-state index is -0.745. The maximum atomic E-state index is 12.1. The average Bonchev–Trinajstić information content (AvgIpc) is 2.53. The largest absolute Gasteiger partial charge is 0.484 e. The van der Waals surface area contributed by atoms with Crippen LogP contribution in [0.5, 0.6) is 5.75 Å².